The lowest BCUT2D eigenvalue weighted by atomic mass is 9.94. The van der Waals surface area contributed by atoms with E-state index >= 15 is 0 Å². The van der Waals surface area contributed by atoms with E-state index in [1.54, 1.807) is 22.6 Å². The molecule has 2 aromatic rings. The molecule has 0 radical (unpaired) electrons. The second-order valence-electron chi connectivity index (χ2n) is 9.10. The molecule has 0 bridgehead atoms. The lowest BCUT2D eigenvalue weighted by Crippen LogP contribution is -2.42. The van der Waals surface area contributed by atoms with Crippen LogP contribution in [-0.2, 0) is 21.3 Å². The number of pyridine rings is 1. The average molecular weight is 473 g/mol. The lowest BCUT2D eigenvalue weighted by Gasteiger charge is -2.34. The average Bonchev–Trinajstić information content (AvgIpc) is 2.83. The summed E-state index contributed by atoms with van der Waals surface area (Å²) >= 11 is 0. The molecule has 2 atom stereocenters. The van der Waals surface area contributed by atoms with Crippen molar-refractivity contribution in [2.45, 2.75) is 31.7 Å². The molecule has 1 amide bonds. The Morgan fingerprint density at radius 3 is 2.33 bits per heavy atom. The topological polar surface area (TPSA) is 91.8 Å². The molecule has 2 aliphatic rings. The number of rotatable bonds is 6. The van der Waals surface area contributed by atoms with Gasteiger partial charge in [0.2, 0.25) is 10.0 Å². The van der Waals surface area contributed by atoms with Crippen molar-refractivity contribution in [3.63, 3.8) is 0 Å². The maximum absolute atomic E-state index is 13.0. The molecule has 0 unspecified atom stereocenters. The molecule has 1 N–H and O–H groups in total. The number of piperidine rings is 1. The maximum Gasteiger partial charge on any atom is 0.251 e. The van der Waals surface area contributed by atoms with Crippen molar-refractivity contribution in [2.24, 2.45) is 11.8 Å². The van der Waals surface area contributed by atoms with Gasteiger partial charge in [0.1, 0.15) is 5.82 Å². The van der Waals surface area contributed by atoms with E-state index in [-0.39, 0.29) is 10.8 Å². The number of hydrogen-bond donors (Lipinski definition) is 1. The number of ether oxygens (including phenoxy) is 1. The molecule has 2 fully saturated rings. The summed E-state index contributed by atoms with van der Waals surface area (Å²) < 4.78 is 33.0. The fraction of sp³-hybridized carbons (Fsp3) is 0.500. The van der Waals surface area contributed by atoms with Gasteiger partial charge in [-0.2, -0.15) is 4.31 Å². The highest BCUT2D eigenvalue weighted by molar-refractivity contribution is 7.89. The maximum atomic E-state index is 13.0. The molecule has 0 spiro atoms. The van der Waals surface area contributed by atoms with Crippen LogP contribution in [0.5, 0.6) is 0 Å². The number of aromatic nitrogens is 1. The van der Waals surface area contributed by atoms with Gasteiger partial charge in [-0.05, 0) is 54.2 Å². The van der Waals surface area contributed by atoms with Gasteiger partial charge in [0, 0.05) is 44.5 Å². The third-order valence-corrected chi connectivity index (χ3v) is 8.03. The SMILES string of the molecule is C[C@@H]1C[C@H](C)CN(S(=O)(=O)c2ccc(C(=O)NCc3ccc(N4CCOCC4)nc3)cc2)C1. The molecule has 33 heavy (non-hydrogen) atoms. The zero-order chi connectivity index (χ0) is 23.4. The summed E-state index contributed by atoms with van der Waals surface area (Å²) in [7, 11) is -3.56. The minimum atomic E-state index is -3.56. The summed E-state index contributed by atoms with van der Waals surface area (Å²) in [5.41, 5.74) is 1.32. The molecule has 2 saturated heterocycles. The van der Waals surface area contributed by atoms with Crippen molar-refractivity contribution in [1.82, 2.24) is 14.6 Å². The second kappa shape index (κ2) is 10.2. The van der Waals surface area contributed by atoms with E-state index in [0.29, 0.717) is 50.2 Å². The van der Waals surface area contributed by atoms with Gasteiger partial charge in [0.05, 0.1) is 18.1 Å². The molecule has 2 aliphatic heterocycles. The van der Waals surface area contributed by atoms with Crippen LogP contribution in [0, 0.1) is 11.8 Å². The molecule has 3 heterocycles. The first-order valence-corrected chi connectivity index (χ1v) is 12.9. The van der Waals surface area contributed by atoms with Gasteiger partial charge in [-0.25, -0.2) is 13.4 Å². The normalized spacial score (nSPS) is 22.2. The molecular weight excluding hydrogens is 440 g/mol. The zero-order valence-corrected chi connectivity index (χ0v) is 20.1. The van der Waals surface area contributed by atoms with Gasteiger partial charge in [-0.15, -0.1) is 0 Å². The van der Waals surface area contributed by atoms with Crippen molar-refractivity contribution in [3.05, 3.63) is 53.7 Å². The molecule has 0 aliphatic carbocycles. The van der Waals surface area contributed by atoms with Crippen LogP contribution in [0.3, 0.4) is 0 Å². The van der Waals surface area contributed by atoms with Crippen molar-refractivity contribution in [3.8, 4) is 0 Å². The summed E-state index contributed by atoms with van der Waals surface area (Å²) in [4.78, 5) is 19.5. The third kappa shape index (κ3) is 5.72. The van der Waals surface area contributed by atoms with Crippen LogP contribution in [0.25, 0.3) is 0 Å². The first kappa shape index (κ1) is 23.7. The molecule has 4 rings (SSSR count). The van der Waals surface area contributed by atoms with Gasteiger partial charge in [-0.1, -0.05) is 19.9 Å². The molecule has 1 aromatic carbocycles. The van der Waals surface area contributed by atoms with E-state index in [2.05, 4.69) is 29.0 Å². The summed E-state index contributed by atoms with van der Waals surface area (Å²) in [6.07, 6.45) is 2.80. The zero-order valence-electron chi connectivity index (χ0n) is 19.2. The minimum absolute atomic E-state index is 0.225. The van der Waals surface area contributed by atoms with E-state index in [0.717, 1.165) is 30.9 Å². The number of carbonyl (C=O) groups is 1. The van der Waals surface area contributed by atoms with Crippen LogP contribution in [0.15, 0.2) is 47.5 Å². The predicted molar refractivity (Wildman–Crippen MR) is 127 cm³/mol. The van der Waals surface area contributed by atoms with Crippen LogP contribution in [0.4, 0.5) is 5.82 Å². The number of nitrogens with one attached hydrogen (secondary N) is 1. The van der Waals surface area contributed by atoms with E-state index in [9.17, 15) is 13.2 Å². The Labute approximate surface area is 196 Å². The monoisotopic (exact) mass is 472 g/mol. The first-order valence-electron chi connectivity index (χ1n) is 11.5. The fourth-order valence-electron chi connectivity index (χ4n) is 4.51. The number of amides is 1. The van der Waals surface area contributed by atoms with Gasteiger partial charge in [0.15, 0.2) is 0 Å². The minimum Gasteiger partial charge on any atom is -0.378 e. The first-order chi connectivity index (χ1) is 15.8. The quantitative estimate of drug-likeness (QED) is 0.695. The van der Waals surface area contributed by atoms with E-state index < -0.39 is 10.0 Å². The van der Waals surface area contributed by atoms with Gasteiger partial charge < -0.3 is 15.0 Å². The lowest BCUT2D eigenvalue weighted by molar-refractivity contribution is 0.0950. The molecular formula is C24H32N4O4S. The Bertz CT molecular complexity index is 1040. The van der Waals surface area contributed by atoms with Crippen LogP contribution >= 0.6 is 0 Å². The smallest absolute Gasteiger partial charge is 0.251 e. The summed E-state index contributed by atoms with van der Waals surface area (Å²) in [6.45, 7) is 8.63. The summed E-state index contributed by atoms with van der Waals surface area (Å²) in [5, 5.41) is 2.88. The number of hydrogen-bond acceptors (Lipinski definition) is 6. The highest BCUT2D eigenvalue weighted by atomic mass is 32.2. The molecule has 8 nitrogen and oxygen atoms in total. The van der Waals surface area contributed by atoms with Crippen LogP contribution in [0.2, 0.25) is 0 Å². The van der Waals surface area contributed by atoms with E-state index in [1.807, 2.05) is 12.1 Å². The number of sulfonamides is 1. The van der Waals surface area contributed by atoms with Crippen molar-refractivity contribution < 1.29 is 17.9 Å². The highest BCUT2D eigenvalue weighted by Gasteiger charge is 2.31. The summed E-state index contributed by atoms with van der Waals surface area (Å²) in [6, 6.07) is 10.1. The molecule has 1 aromatic heterocycles. The fourth-order valence-corrected chi connectivity index (χ4v) is 6.19. The third-order valence-electron chi connectivity index (χ3n) is 6.19. The van der Waals surface area contributed by atoms with E-state index in [4.69, 9.17) is 4.74 Å². The second-order valence-corrected chi connectivity index (χ2v) is 11.0. The molecule has 178 valence electrons. The number of carbonyl (C=O) groups excluding carboxylic acids is 1. The van der Waals surface area contributed by atoms with Crippen molar-refractivity contribution in [2.75, 3.05) is 44.3 Å². The largest absolute Gasteiger partial charge is 0.378 e. The Kier molecular flexibility index (Phi) is 7.31. The van der Waals surface area contributed by atoms with Crippen LogP contribution in [0.1, 0.15) is 36.2 Å². The number of nitrogens with zero attached hydrogens (tertiary/aromatic N) is 3. The highest BCUT2D eigenvalue weighted by Crippen LogP contribution is 2.26. The predicted octanol–water partition coefficient (Wildman–Crippen LogP) is 2.51. The van der Waals surface area contributed by atoms with Gasteiger partial charge >= 0.3 is 0 Å². The summed E-state index contributed by atoms with van der Waals surface area (Å²) in [5.74, 6) is 1.33. The van der Waals surface area contributed by atoms with E-state index in [1.165, 1.54) is 12.1 Å². The van der Waals surface area contributed by atoms with Gasteiger partial charge in [0.25, 0.3) is 5.91 Å². The van der Waals surface area contributed by atoms with Crippen LogP contribution in [-0.4, -0.2) is 63.0 Å². The van der Waals surface area contributed by atoms with Crippen molar-refractivity contribution in [1.29, 1.82) is 0 Å². The molecule has 0 saturated carbocycles. The Balaban J connectivity index is 1.34. The molecule has 9 heteroatoms. The van der Waals surface area contributed by atoms with Gasteiger partial charge in [-0.3, -0.25) is 4.79 Å². The Hall–Kier alpha value is -2.49. The number of morpholine rings is 1. The Morgan fingerprint density at radius 2 is 1.73 bits per heavy atom. The van der Waals surface area contributed by atoms with Crippen molar-refractivity contribution >= 4 is 21.7 Å². The number of benzene rings is 1. The Morgan fingerprint density at radius 1 is 1.06 bits per heavy atom. The standard InChI is InChI=1S/C24H32N4O4S/c1-18-13-19(2)17-28(16-18)33(30,31)22-6-4-21(5-7-22)24(29)26-15-20-3-8-23(25-14-20)27-9-11-32-12-10-27/h3-8,14,18-19H,9-13,15-17H2,1-2H3,(H,26,29)/t18-,19+. The van der Waals surface area contributed by atoms with Crippen LogP contribution < -0.4 is 10.2 Å². The number of anilines is 1.